The fourth-order valence-electron chi connectivity index (χ4n) is 2.12. The average Bonchev–Trinajstić information content (AvgIpc) is 2.33. The molecule has 0 saturated carbocycles. The lowest BCUT2D eigenvalue weighted by atomic mass is 10.1. The van der Waals surface area contributed by atoms with Crippen LogP contribution in [0.4, 0.5) is 10.1 Å². The van der Waals surface area contributed by atoms with Crippen molar-refractivity contribution in [2.45, 2.75) is 24.2 Å². The Morgan fingerprint density at radius 2 is 2.00 bits per heavy atom. The van der Waals surface area contributed by atoms with E-state index in [4.69, 9.17) is 5.73 Å². The van der Waals surface area contributed by atoms with E-state index in [2.05, 4.69) is 4.90 Å². The van der Waals surface area contributed by atoms with E-state index in [-0.39, 0.29) is 5.82 Å². The van der Waals surface area contributed by atoms with Crippen molar-refractivity contribution >= 4 is 17.4 Å². The second-order valence-corrected chi connectivity index (χ2v) is 5.57. The highest BCUT2D eigenvalue weighted by Crippen LogP contribution is 2.25. The van der Waals surface area contributed by atoms with Gasteiger partial charge in [0.1, 0.15) is 5.82 Å². The zero-order valence-corrected chi connectivity index (χ0v) is 10.8. The first-order valence-corrected chi connectivity index (χ1v) is 7.14. The van der Waals surface area contributed by atoms with Crippen molar-refractivity contribution in [2.75, 3.05) is 31.1 Å². The molecule has 0 atom stereocenters. The number of thioether (sulfide) groups is 1. The Kier molecular flexibility index (Phi) is 4.68. The summed E-state index contributed by atoms with van der Waals surface area (Å²) in [6.45, 7) is 3.54. The molecular formula is C13H19FN2S. The summed E-state index contributed by atoms with van der Waals surface area (Å²) in [5.74, 6) is 0.762. The molecule has 1 heterocycles. The summed E-state index contributed by atoms with van der Waals surface area (Å²) in [6, 6.07) is 4.63. The van der Waals surface area contributed by atoms with Crippen LogP contribution in [-0.2, 0) is 0 Å². The van der Waals surface area contributed by atoms with Crippen molar-refractivity contribution in [3.8, 4) is 0 Å². The first-order chi connectivity index (χ1) is 8.25. The summed E-state index contributed by atoms with van der Waals surface area (Å²) < 4.78 is 12.9. The van der Waals surface area contributed by atoms with Gasteiger partial charge < -0.3 is 10.6 Å². The van der Waals surface area contributed by atoms with Gasteiger partial charge in [-0.15, -0.1) is 11.8 Å². The third kappa shape index (κ3) is 3.89. The fourth-order valence-corrected chi connectivity index (χ4v) is 3.08. The van der Waals surface area contributed by atoms with Crippen molar-refractivity contribution in [3.63, 3.8) is 0 Å². The van der Waals surface area contributed by atoms with Gasteiger partial charge in [0.05, 0.1) is 0 Å². The molecular weight excluding hydrogens is 235 g/mol. The molecule has 2 N–H and O–H groups in total. The van der Waals surface area contributed by atoms with E-state index in [1.807, 2.05) is 0 Å². The van der Waals surface area contributed by atoms with Crippen LogP contribution < -0.4 is 5.73 Å². The molecule has 1 aliphatic rings. The lowest BCUT2D eigenvalue weighted by Gasteiger charge is -2.26. The van der Waals surface area contributed by atoms with E-state index in [0.29, 0.717) is 5.69 Å². The van der Waals surface area contributed by atoms with Crippen LogP contribution in [0.3, 0.4) is 0 Å². The Labute approximate surface area is 106 Å². The molecule has 4 heteroatoms. The van der Waals surface area contributed by atoms with Crippen LogP contribution in [0.5, 0.6) is 0 Å². The Balaban J connectivity index is 1.77. The summed E-state index contributed by atoms with van der Waals surface area (Å²) in [5, 5.41) is 0. The second kappa shape index (κ2) is 6.26. The minimum absolute atomic E-state index is 0.261. The third-order valence-corrected chi connectivity index (χ3v) is 4.16. The summed E-state index contributed by atoms with van der Waals surface area (Å²) in [7, 11) is 0. The van der Waals surface area contributed by atoms with Crippen LogP contribution in [0.15, 0.2) is 23.1 Å². The molecule has 17 heavy (non-hydrogen) atoms. The van der Waals surface area contributed by atoms with Gasteiger partial charge in [-0.3, -0.25) is 0 Å². The average molecular weight is 254 g/mol. The normalized spacial score (nSPS) is 17.2. The standard InChI is InChI=1S/C13H19FN2S/c14-11-4-5-13(12(15)10-11)17-9-8-16-6-2-1-3-7-16/h4-5,10H,1-3,6-9,15H2. The van der Waals surface area contributed by atoms with Crippen LogP contribution in [0, 0.1) is 5.82 Å². The van der Waals surface area contributed by atoms with Crippen molar-refractivity contribution in [1.29, 1.82) is 0 Å². The number of piperidine rings is 1. The lowest BCUT2D eigenvalue weighted by Crippen LogP contribution is -2.31. The van der Waals surface area contributed by atoms with Gasteiger partial charge in [0.15, 0.2) is 0 Å². The van der Waals surface area contributed by atoms with E-state index in [9.17, 15) is 4.39 Å². The molecule has 1 aromatic carbocycles. The van der Waals surface area contributed by atoms with Crippen LogP contribution in [0.2, 0.25) is 0 Å². The van der Waals surface area contributed by atoms with Gasteiger partial charge in [-0.05, 0) is 44.1 Å². The molecule has 2 rings (SSSR count). The van der Waals surface area contributed by atoms with Gasteiger partial charge in [0.25, 0.3) is 0 Å². The van der Waals surface area contributed by atoms with Crippen LogP contribution in [-0.4, -0.2) is 30.3 Å². The largest absolute Gasteiger partial charge is 0.398 e. The number of nitrogens with two attached hydrogens (primary N) is 1. The van der Waals surface area contributed by atoms with Crippen molar-refractivity contribution in [1.82, 2.24) is 4.90 Å². The number of hydrogen-bond donors (Lipinski definition) is 1. The number of hydrogen-bond acceptors (Lipinski definition) is 3. The number of halogens is 1. The van der Waals surface area contributed by atoms with E-state index in [1.165, 1.54) is 44.5 Å². The lowest BCUT2D eigenvalue weighted by molar-refractivity contribution is 0.242. The SMILES string of the molecule is Nc1cc(F)ccc1SCCN1CCCCC1. The van der Waals surface area contributed by atoms with Gasteiger partial charge in [-0.25, -0.2) is 4.39 Å². The van der Waals surface area contributed by atoms with Gasteiger partial charge in [-0.2, -0.15) is 0 Å². The Morgan fingerprint density at radius 3 is 2.71 bits per heavy atom. The van der Waals surface area contributed by atoms with Gasteiger partial charge in [0.2, 0.25) is 0 Å². The molecule has 0 aliphatic carbocycles. The number of nitrogen functional groups attached to an aromatic ring is 1. The van der Waals surface area contributed by atoms with Crippen molar-refractivity contribution in [2.24, 2.45) is 0 Å². The molecule has 1 aliphatic heterocycles. The van der Waals surface area contributed by atoms with Gasteiger partial charge in [0, 0.05) is 22.9 Å². The molecule has 1 fully saturated rings. The molecule has 0 amide bonds. The summed E-state index contributed by atoms with van der Waals surface area (Å²) in [6.07, 6.45) is 4.02. The monoisotopic (exact) mass is 254 g/mol. The number of rotatable bonds is 4. The maximum Gasteiger partial charge on any atom is 0.125 e. The molecule has 1 saturated heterocycles. The van der Waals surface area contributed by atoms with Crippen molar-refractivity contribution in [3.05, 3.63) is 24.0 Å². The smallest absolute Gasteiger partial charge is 0.125 e. The number of benzene rings is 1. The Hall–Kier alpha value is -0.740. The van der Waals surface area contributed by atoms with Crippen LogP contribution >= 0.6 is 11.8 Å². The summed E-state index contributed by atoms with van der Waals surface area (Å²) in [5.41, 5.74) is 6.32. The minimum Gasteiger partial charge on any atom is -0.398 e. The molecule has 94 valence electrons. The van der Waals surface area contributed by atoms with E-state index in [0.717, 1.165) is 17.2 Å². The quantitative estimate of drug-likeness (QED) is 0.661. The predicted octanol–water partition coefficient (Wildman–Crippen LogP) is 2.99. The highest BCUT2D eigenvalue weighted by atomic mass is 32.2. The maximum atomic E-state index is 12.9. The van der Waals surface area contributed by atoms with E-state index in [1.54, 1.807) is 17.8 Å². The third-order valence-electron chi connectivity index (χ3n) is 3.09. The number of likely N-dealkylation sites (tertiary alicyclic amines) is 1. The molecule has 1 aromatic rings. The molecule has 0 radical (unpaired) electrons. The zero-order chi connectivity index (χ0) is 12.1. The zero-order valence-electron chi connectivity index (χ0n) is 9.99. The molecule has 0 unspecified atom stereocenters. The number of anilines is 1. The highest BCUT2D eigenvalue weighted by molar-refractivity contribution is 7.99. The number of nitrogens with zero attached hydrogens (tertiary/aromatic N) is 1. The minimum atomic E-state index is -0.261. The van der Waals surface area contributed by atoms with Crippen LogP contribution in [0.25, 0.3) is 0 Å². The molecule has 0 bridgehead atoms. The van der Waals surface area contributed by atoms with Gasteiger partial charge >= 0.3 is 0 Å². The maximum absolute atomic E-state index is 12.9. The highest BCUT2D eigenvalue weighted by Gasteiger charge is 2.09. The predicted molar refractivity (Wildman–Crippen MR) is 71.8 cm³/mol. The van der Waals surface area contributed by atoms with Crippen LogP contribution in [0.1, 0.15) is 19.3 Å². The van der Waals surface area contributed by atoms with E-state index < -0.39 is 0 Å². The van der Waals surface area contributed by atoms with Gasteiger partial charge in [-0.1, -0.05) is 6.42 Å². The Morgan fingerprint density at radius 1 is 1.24 bits per heavy atom. The second-order valence-electron chi connectivity index (χ2n) is 4.43. The first-order valence-electron chi connectivity index (χ1n) is 6.16. The van der Waals surface area contributed by atoms with Crippen molar-refractivity contribution < 1.29 is 4.39 Å². The fraction of sp³-hybridized carbons (Fsp3) is 0.538. The first kappa shape index (κ1) is 12.7. The van der Waals surface area contributed by atoms with E-state index >= 15 is 0 Å². The molecule has 0 aromatic heterocycles. The Bertz CT molecular complexity index is 364. The summed E-state index contributed by atoms with van der Waals surface area (Å²) in [4.78, 5) is 3.49. The molecule has 2 nitrogen and oxygen atoms in total. The molecule has 0 spiro atoms. The topological polar surface area (TPSA) is 29.3 Å². The summed E-state index contributed by atoms with van der Waals surface area (Å²) >= 11 is 1.72.